The predicted octanol–water partition coefficient (Wildman–Crippen LogP) is 4.14. The summed E-state index contributed by atoms with van der Waals surface area (Å²) in [5, 5.41) is 2.72. The largest absolute Gasteiger partial charge is 0.490 e. The van der Waals surface area contributed by atoms with Crippen molar-refractivity contribution in [3.8, 4) is 5.75 Å². The van der Waals surface area contributed by atoms with E-state index in [1.54, 1.807) is 30.4 Å². The Labute approximate surface area is 159 Å². The van der Waals surface area contributed by atoms with Crippen molar-refractivity contribution in [3.63, 3.8) is 0 Å². The summed E-state index contributed by atoms with van der Waals surface area (Å²) >= 11 is 0. The van der Waals surface area contributed by atoms with Gasteiger partial charge in [0, 0.05) is 11.8 Å². The van der Waals surface area contributed by atoms with E-state index >= 15 is 0 Å². The van der Waals surface area contributed by atoms with E-state index in [0.29, 0.717) is 12.3 Å². The lowest BCUT2D eigenvalue weighted by Crippen LogP contribution is -2.29. The minimum absolute atomic E-state index is 0.383. The third kappa shape index (κ3) is 6.82. The second-order valence-corrected chi connectivity index (χ2v) is 5.94. The zero-order chi connectivity index (χ0) is 19.6. The molecule has 2 aromatic rings. The van der Waals surface area contributed by atoms with Gasteiger partial charge in [0.25, 0.3) is 5.91 Å². The van der Waals surface area contributed by atoms with E-state index in [0.717, 1.165) is 16.9 Å². The van der Waals surface area contributed by atoms with Crippen molar-refractivity contribution < 1.29 is 19.1 Å². The SMILES string of the molecule is C=CCOc1ccc(/C=C/C(=O)O[C@H](C)C(=O)Nc2cccc(C)c2)cc1. The number of anilines is 1. The van der Waals surface area contributed by atoms with Gasteiger partial charge in [-0.3, -0.25) is 4.79 Å². The van der Waals surface area contributed by atoms with Crippen molar-refractivity contribution in [2.75, 3.05) is 11.9 Å². The molecule has 0 aromatic heterocycles. The molecule has 1 amide bonds. The Morgan fingerprint density at radius 3 is 2.59 bits per heavy atom. The molecule has 0 saturated carbocycles. The smallest absolute Gasteiger partial charge is 0.331 e. The number of aryl methyl sites for hydroxylation is 1. The summed E-state index contributed by atoms with van der Waals surface area (Å²) in [4.78, 5) is 24.0. The van der Waals surface area contributed by atoms with Crippen LogP contribution in [0.2, 0.25) is 0 Å². The number of rotatable bonds is 8. The van der Waals surface area contributed by atoms with Crippen LogP contribution in [0.15, 0.2) is 67.3 Å². The topological polar surface area (TPSA) is 64.6 Å². The molecule has 5 heteroatoms. The minimum atomic E-state index is -0.905. The molecule has 0 aliphatic carbocycles. The van der Waals surface area contributed by atoms with E-state index < -0.39 is 12.1 Å². The molecule has 0 spiro atoms. The van der Waals surface area contributed by atoms with Gasteiger partial charge in [-0.15, -0.1) is 0 Å². The molecule has 0 heterocycles. The molecule has 0 radical (unpaired) electrons. The summed E-state index contributed by atoms with van der Waals surface area (Å²) < 4.78 is 10.5. The van der Waals surface area contributed by atoms with Gasteiger partial charge < -0.3 is 14.8 Å². The van der Waals surface area contributed by atoms with Crippen LogP contribution in [0.4, 0.5) is 5.69 Å². The molecule has 0 bridgehead atoms. The molecule has 27 heavy (non-hydrogen) atoms. The minimum Gasteiger partial charge on any atom is -0.490 e. The number of hydrogen-bond acceptors (Lipinski definition) is 4. The molecule has 0 unspecified atom stereocenters. The molecule has 2 aromatic carbocycles. The number of carbonyl (C=O) groups is 2. The van der Waals surface area contributed by atoms with Crippen molar-refractivity contribution in [2.24, 2.45) is 0 Å². The quantitative estimate of drug-likeness (QED) is 0.434. The summed E-state index contributed by atoms with van der Waals surface area (Å²) in [5.74, 6) is -0.254. The zero-order valence-corrected chi connectivity index (χ0v) is 15.5. The Balaban J connectivity index is 1.85. The molecule has 0 saturated heterocycles. The van der Waals surface area contributed by atoms with E-state index in [4.69, 9.17) is 9.47 Å². The number of ether oxygens (including phenoxy) is 2. The summed E-state index contributed by atoms with van der Waals surface area (Å²) in [6.07, 6.45) is 3.67. The number of nitrogens with one attached hydrogen (secondary N) is 1. The highest BCUT2D eigenvalue weighted by Gasteiger charge is 2.16. The summed E-state index contributed by atoms with van der Waals surface area (Å²) in [6, 6.07) is 14.6. The normalized spacial score (nSPS) is 11.6. The van der Waals surface area contributed by atoms with Crippen LogP contribution in [-0.4, -0.2) is 24.6 Å². The first-order valence-corrected chi connectivity index (χ1v) is 8.58. The fourth-order valence-electron chi connectivity index (χ4n) is 2.23. The molecule has 2 rings (SSSR count). The van der Waals surface area contributed by atoms with Gasteiger partial charge in [-0.25, -0.2) is 4.79 Å². The van der Waals surface area contributed by atoms with E-state index in [2.05, 4.69) is 11.9 Å². The summed E-state index contributed by atoms with van der Waals surface area (Å²) in [6.45, 7) is 7.49. The Morgan fingerprint density at radius 2 is 1.93 bits per heavy atom. The Hall–Kier alpha value is -3.34. The Kier molecular flexibility index (Phi) is 7.37. The van der Waals surface area contributed by atoms with Crippen molar-refractivity contribution in [1.29, 1.82) is 0 Å². The van der Waals surface area contributed by atoms with Crippen LogP contribution in [-0.2, 0) is 14.3 Å². The molecule has 140 valence electrons. The van der Waals surface area contributed by atoms with E-state index in [9.17, 15) is 9.59 Å². The number of carbonyl (C=O) groups excluding carboxylic acids is 2. The fraction of sp³-hybridized carbons (Fsp3) is 0.182. The molecule has 1 N–H and O–H groups in total. The lowest BCUT2D eigenvalue weighted by molar-refractivity contribution is -0.148. The van der Waals surface area contributed by atoms with Crippen LogP contribution in [0.3, 0.4) is 0 Å². The number of esters is 1. The highest BCUT2D eigenvalue weighted by atomic mass is 16.5. The van der Waals surface area contributed by atoms with Gasteiger partial charge in [0.05, 0.1) is 0 Å². The third-order valence-corrected chi connectivity index (χ3v) is 3.61. The molecule has 5 nitrogen and oxygen atoms in total. The molecule has 0 fully saturated rings. The van der Waals surface area contributed by atoms with Crippen LogP contribution in [0, 0.1) is 6.92 Å². The maximum absolute atomic E-state index is 12.1. The first-order chi connectivity index (χ1) is 13.0. The zero-order valence-electron chi connectivity index (χ0n) is 15.5. The highest BCUT2D eigenvalue weighted by Crippen LogP contribution is 2.14. The number of amides is 1. The number of hydrogen-bond donors (Lipinski definition) is 1. The van der Waals surface area contributed by atoms with Gasteiger partial charge in [0.2, 0.25) is 0 Å². The fourth-order valence-corrected chi connectivity index (χ4v) is 2.23. The Bertz CT molecular complexity index is 824. The monoisotopic (exact) mass is 365 g/mol. The van der Waals surface area contributed by atoms with Crippen LogP contribution in [0.5, 0.6) is 5.75 Å². The van der Waals surface area contributed by atoms with E-state index in [1.807, 2.05) is 37.3 Å². The van der Waals surface area contributed by atoms with Gasteiger partial charge >= 0.3 is 5.97 Å². The summed E-state index contributed by atoms with van der Waals surface area (Å²) in [7, 11) is 0. The van der Waals surface area contributed by atoms with Crippen LogP contribution >= 0.6 is 0 Å². The van der Waals surface area contributed by atoms with Gasteiger partial charge in [-0.1, -0.05) is 36.9 Å². The lowest BCUT2D eigenvalue weighted by Gasteiger charge is -2.12. The van der Waals surface area contributed by atoms with Crippen molar-refractivity contribution in [1.82, 2.24) is 0 Å². The second kappa shape index (κ2) is 9.97. The third-order valence-electron chi connectivity index (χ3n) is 3.61. The number of benzene rings is 2. The first kappa shape index (κ1) is 20.0. The van der Waals surface area contributed by atoms with Crippen LogP contribution in [0.1, 0.15) is 18.1 Å². The lowest BCUT2D eigenvalue weighted by atomic mass is 10.2. The molecule has 1 atom stereocenters. The van der Waals surface area contributed by atoms with Crippen LogP contribution < -0.4 is 10.1 Å². The second-order valence-electron chi connectivity index (χ2n) is 5.94. The van der Waals surface area contributed by atoms with Gasteiger partial charge in [-0.2, -0.15) is 0 Å². The van der Waals surface area contributed by atoms with E-state index in [-0.39, 0.29) is 5.91 Å². The van der Waals surface area contributed by atoms with Gasteiger partial charge in [0.1, 0.15) is 12.4 Å². The van der Waals surface area contributed by atoms with Gasteiger partial charge in [-0.05, 0) is 55.3 Å². The maximum atomic E-state index is 12.1. The first-order valence-electron chi connectivity index (χ1n) is 8.58. The van der Waals surface area contributed by atoms with Crippen LogP contribution in [0.25, 0.3) is 6.08 Å². The highest BCUT2D eigenvalue weighted by molar-refractivity contribution is 5.96. The standard InChI is InChI=1S/C22H23NO4/c1-4-14-26-20-11-8-18(9-12-20)10-13-21(24)27-17(3)22(25)23-19-7-5-6-16(2)15-19/h4-13,15,17H,1,14H2,2-3H3,(H,23,25)/b13-10+/t17-/m1/s1. The van der Waals surface area contributed by atoms with Crippen molar-refractivity contribution in [2.45, 2.75) is 20.0 Å². The van der Waals surface area contributed by atoms with Gasteiger partial charge in [0.15, 0.2) is 6.10 Å². The van der Waals surface area contributed by atoms with Crippen molar-refractivity contribution in [3.05, 3.63) is 78.4 Å². The molecule has 0 aliphatic rings. The summed E-state index contributed by atoms with van der Waals surface area (Å²) in [5.41, 5.74) is 2.51. The molecular formula is C22H23NO4. The molecule has 0 aliphatic heterocycles. The average molecular weight is 365 g/mol. The molecular weight excluding hydrogens is 342 g/mol. The average Bonchev–Trinajstić information content (AvgIpc) is 2.65. The maximum Gasteiger partial charge on any atom is 0.331 e. The Morgan fingerprint density at radius 1 is 1.19 bits per heavy atom. The predicted molar refractivity (Wildman–Crippen MR) is 107 cm³/mol. The van der Waals surface area contributed by atoms with E-state index in [1.165, 1.54) is 13.0 Å². The van der Waals surface area contributed by atoms with Crippen molar-refractivity contribution >= 4 is 23.6 Å².